The van der Waals surface area contributed by atoms with Gasteiger partial charge in [-0.05, 0) is 41.8 Å². The van der Waals surface area contributed by atoms with Gasteiger partial charge in [-0.15, -0.1) is 0 Å². The van der Waals surface area contributed by atoms with Gasteiger partial charge in [0.2, 0.25) is 0 Å². The van der Waals surface area contributed by atoms with Crippen LogP contribution in [0.15, 0.2) is 54.7 Å². The van der Waals surface area contributed by atoms with Gasteiger partial charge in [0.25, 0.3) is 0 Å². The molecule has 0 bridgehead atoms. The van der Waals surface area contributed by atoms with Gasteiger partial charge in [0, 0.05) is 12.1 Å². The summed E-state index contributed by atoms with van der Waals surface area (Å²) < 4.78 is 13.5. The molecule has 3 atom stereocenters. The lowest BCUT2D eigenvalue weighted by molar-refractivity contribution is -0.121. The van der Waals surface area contributed by atoms with E-state index in [-0.39, 0.29) is 5.78 Å². The van der Waals surface area contributed by atoms with E-state index in [9.17, 15) is 19.7 Å². The Morgan fingerprint density at radius 2 is 1.78 bits per heavy atom. The fraction of sp³-hybridized carbons (Fsp3) is 0.227. The van der Waals surface area contributed by atoms with Crippen molar-refractivity contribution >= 4 is 11.9 Å². The van der Waals surface area contributed by atoms with E-state index in [4.69, 9.17) is 0 Å². The molecule has 2 aliphatic rings. The van der Waals surface area contributed by atoms with Crippen LogP contribution < -0.4 is 0 Å². The summed E-state index contributed by atoms with van der Waals surface area (Å²) in [7, 11) is 0. The Hall–Kier alpha value is -3.44. The van der Waals surface area contributed by atoms with E-state index < -0.39 is 29.2 Å². The number of fused-ring (bicyclic) bond motifs is 3. The minimum absolute atomic E-state index is 0.134. The van der Waals surface area contributed by atoms with Crippen LogP contribution in [-0.2, 0) is 4.79 Å². The Morgan fingerprint density at radius 3 is 2.41 bits per heavy atom. The molecule has 27 heavy (non-hydrogen) atoms. The number of nitriles is 2. The first kappa shape index (κ1) is 17.0. The van der Waals surface area contributed by atoms with Crippen LogP contribution in [0.5, 0.6) is 0 Å². The summed E-state index contributed by atoms with van der Waals surface area (Å²) in [6, 6.07) is 16.5. The maximum absolute atomic E-state index is 13.5. The molecule has 0 spiro atoms. The van der Waals surface area contributed by atoms with Gasteiger partial charge in [0.15, 0.2) is 11.2 Å². The minimum atomic E-state index is -1.48. The number of ketones is 1. The second kappa shape index (κ2) is 6.07. The third kappa shape index (κ3) is 2.29. The third-order valence-electron chi connectivity index (χ3n) is 5.59. The molecule has 0 saturated carbocycles. The van der Waals surface area contributed by atoms with E-state index in [1.165, 1.54) is 19.1 Å². The fourth-order valence-electron chi connectivity index (χ4n) is 4.50. The highest BCUT2D eigenvalue weighted by Crippen LogP contribution is 2.59. The Morgan fingerprint density at radius 1 is 1.11 bits per heavy atom. The average Bonchev–Trinajstić information content (AvgIpc) is 3.00. The summed E-state index contributed by atoms with van der Waals surface area (Å²) in [4.78, 5) is 14.4. The minimum Gasteiger partial charge on any atom is -0.357 e. The topological polar surface area (TPSA) is 67.9 Å². The van der Waals surface area contributed by atoms with Gasteiger partial charge in [-0.25, -0.2) is 4.39 Å². The quantitative estimate of drug-likeness (QED) is 0.816. The first-order chi connectivity index (χ1) is 13.0. The Balaban J connectivity index is 2.00. The number of rotatable bonds is 2. The molecule has 3 unspecified atom stereocenters. The van der Waals surface area contributed by atoms with Gasteiger partial charge < -0.3 is 4.90 Å². The number of hydrogen-bond donors (Lipinski definition) is 0. The van der Waals surface area contributed by atoms with Crippen LogP contribution >= 0.6 is 0 Å². The van der Waals surface area contributed by atoms with E-state index >= 15 is 0 Å². The van der Waals surface area contributed by atoms with Crippen LogP contribution in [0.3, 0.4) is 0 Å². The number of carbonyl (C=O) groups excluding carboxylic acids is 1. The molecule has 4 nitrogen and oxygen atoms in total. The van der Waals surface area contributed by atoms with Crippen molar-refractivity contribution in [3.05, 3.63) is 77.2 Å². The van der Waals surface area contributed by atoms with Crippen LogP contribution in [0, 0.1) is 33.9 Å². The number of carbonyl (C=O) groups is 1. The highest BCUT2D eigenvalue weighted by Gasteiger charge is 2.63. The molecular weight excluding hydrogens is 341 g/mol. The van der Waals surface area contributed by atoms with Gasteiger partial charge in [-0.3, -0.25) is 4.79 Å². The lowest BCUT2D eigenvalue weighted by Gasteiger charge is -2.34. The Labute approximate surface area is 156 Å². The summed E-state index contributed by atoms with van der Waals surface area (Å²) in [5.41, 5.74) is 0.907. The van der Waals surface area contributed by atoms with Gasteiger partial charge in [-0.1, -0.05) is 36.4 Å². The number of benzene rings is 2. The van der Waals surface area contributed by atoms with Crippen molar-refractivity contribution in [2.45, 2.75) is 24.9 Å². The highest BCUT2D eigenvalue weighted by molar-refractivity contribution is 5.85. The van der Waals surface area contributed by atoms with Crippen molar-refractivity contribution in [1.29, 1.82) is 10.5 Å². The van der Waals surface area contributed by atoms with E-state index in [1.54, 1.807) is 18.3 Å². The van der Waals surface area contributed by atoms with Crippen molar-refractivity contribution in [2.75, 3.05) is 0 Å². The van der Waals surface area contributed by atoms with Crippen molar-refractivity contribution in [3.8, 4) is 12.1 Å². The first-order valence-electron chi connectivity index (χ1n) is 8.66. The molecule has 2 aromatic carbocycles. The number of Topliss-reactive ketones (excluding diaryl/α,β-unsaturated/α-hetero) is 1. The van der Waals surface area contributed by atoms with Crippen LogP contribution in [0.1, 0.15) is 35.6 Å². The molecule has 5 heteroatoms. The van der Waals surface area contributed by atoms with E-state index in [2.05, 4.69) is 12.1 Å². The summed E-state index contributed by atoms with van der Waals surface area (Å²) >= 11 is 0. The first-order valence-corrected chi connectivity index (χ1v) is 8.66. The second-order valence-electron chi connectivity index (χ2n) is 6.97. The summed E-state index contributed by atoms with van der Waals surface area (Å²) in [5, 5.41) is 20.3. The van der Waals surface area contributed by atoms with Gasteiger partial charge in [-0.2, -0.15) is 10.5 Å². The molecule has 1 fully saturated rings. The maximum Gasteiger partial charge on any atom is 0.177 e. The predicted molar refractivity (Wildman–Crippen MR) is 97.3 cm³/mol. The van der Waals surface area contributed by atoms with Crippen molar-refractivity contribution < 1.29 is 9.18 Å². The van der Waals surface area contributed by atoms with Crippen molar-refractivity contribution in [2.24, 2.45) is 5.41 Å². The predicted octanol–water partition coefficient (Wildman–Crippen LogP) is 3.94. The zero-order chi connectivity index (χ0) is 19.2. The Kier molecular flexibility index (Phi) is 3.82. The van der Waals surface area contributed by atoms with Crippen molar-refractivity contribution in [3.63, 3.8) is 0 Å². The van der Waals surface area contributed by atoms with Crippen LogP contribution in [0.2, 0.25) is 0 Å². The monoisotopic (exact) mass is 357 g/mol. The van der Waals surface area contributed by atoms with Gasteiger partial charge >= 0.3 is 0 Å². The van der Waals surface area contributed by atoms with Gasteiger partial charge in [0.05, 0.1) is 24.2 Å². The molecular formula is C22H16FN3O. The molecule has 132 valence electrons. The molecule has 4 rings (SSSR count). The zero-order valence-electron chi connectivity index (χ0n) is 14.6. The molecule has 0 aromatic heterocycles. The maximum atomic E-state index is 13.5. The molecule has 0 amide bonds. The Bertz CT molecular complexity index is 1010. The second-order valence-corrected chi connectivity index (χ2v) is 6.97. The molecule has 2 aromatic rings. The average molecular weight is 357 g/mol. The molecule has 0 N–H and O–H groups in total. The zero-order valence-corrected chi connectivity index (χ0v) is 14.6. The van der Waals surface area contributed by atoms with E-state index in [1.807, 2.05) is 35.2 Å². The lowest BCUT2D eigenvalue weighted by atomic mass is 9.68. The number of halogens is 1. The standard InChI is InChI=1S/C22H16FN3O/c1-14(27)20-19(16-6-8-17(23)9-7-16)22(12-24,13-25)21-18-5-3-2-4-15(18)10-11-26(20)21/h2-11,19-21H,1H3. The molecule has 2 heterocycles. The van der Waals surface area contributed by atoms with Gasteiger partial charge in [0.1, 0.15) is 5.82 Å². The van der Waals surface area contributed by atoms with Crippen LogP contribution in [0.4, 0.5) is 4.39 Å². The van der Waals surface area contributed by atoms with Crippen LogP contribution in [-0.4, -0.2) is 16.7 Å². The summed E-state index contributed by atoms with van der Waals surface area (Å²) in [6.07, 6.45) is 3.69. The summed E-state index contributed by atoms with van der Waals surface area (Å²) in [6.45, 7) is 1.47. The van der Waals surface area contributed by atoms with Crippen LogP contribution in [0.25, 0.3) is 6.08 Å². The van der Waals surface area contributed by atoms with Crippen molar-refractivity contribution in [1.82, 2.24) is 4.90 Å². The normalized spacial score (nSPS) is 24.4. The number of hydrogen-bond acceptors (Lipinski definition) is 4. The summed E-state index contributed by atoms with van der Waals surface area (Å²) in [5.74, 6) is -1.23. The fourth-order valence-corrected chi connectivity index (χ4v) is 4.50. The third-order valence-corrected chi connectivity index (χ3v) is 5.59. The molecule has 0 aliphatic carbocycles. The molecule has 1 saturated heterocycles. The molecule has 0 radical (unpaired) electrons. The largest absolute Gasteiger partial charge is 0.357 e. The van der Waals surface area contributed by atoms with E-state index in [0.717, 1.165) is 11.1 Å². The highest BCUT2D eigenvalue weighted by atomic mass is 19.1. The molecule has 2 aliphatic heterocycles. The lowest BCUT2D eigenvalue weighted by Crippen LogP contribution is -2.36. The smallest absolute Gasteiger partial charge is 0.177 e. The SMILES string of the molecule is CC(=O)C1C(c2ccc(F)cc2)C(C#N)(C#N)C2c3ccccc3C=CN12. The number of nitrogens with zero attached hydrogens (tertiary/aromatic N) is 3. The van der Waals surface area contributed by atoms with E-state index in [0.29, 0.717) is 5.56 Å².